The predicted octanol–water partition coefficient (Wildman–Crippen LogP) is 0.798. The van der Waals surface area contributed by atoms with Gasteiger partial charge in [-0.15, -0.1) is 6.58 Å². The maximum absolute atomic E-state index is 12.3. The van der Waals surface area contributed by atoms with E-state index in [4.69, 9.17) is 9.84 Å². The van der Waals surface area contributed by atoms with Crippen molar-refractivity contribution >= 4 is 29.9 Å². The SMILES string of the molecule is C=CCN1C(=O)NC(=O)/C(=C/c2cccc(OCC(=O)O)c2)C1=O. The van der Waals surface area contributed by atoms with E-state index >= 15 is 0 Å². The van der Waals surface area contributed by atoms with E-state index in [1.165, 1.54) is 18.2 Å². The zero-order valence-corrected chi connectivity index (χ0v) is 12.5. The molecule has 1 saturated heterocycles. The number of imide groups is 2. The lowest BCUT2D eigenvalue weighted by atomic mass is 10.1. The zero-order valence-electron chi connectivity index (χ0n) is 12.5. The lowest BCUT2D eigenvalue weighted by Crippen LogP contribution is -2.54. The molecule has 0 spiro atoms. The van der Waals surface area contributed by atoms with Crippen LogP contribution in [0.5, 0.6) is 5.75 Å². The first kappa shape index (κ1) is 16.9. The molecule has 1 aliphatic heterocycles. The topological polar surface area (TPSA) is 113 Å². The van der Waals surface area contributed by atoms with Gasteiger partial charge in [-0.1, -0.05) is 18.2 Å². The molecule has 0 bridgehead atoms. The number of amides is 4. The molecule has 0 unspecified atom stereocenters. The van der Waals surface area contributed by atoms with Crippen molar-refractivity contribution in [3.05, 3.63) is 48.1 Å². The molecular formula is C16H14N2O6. The van der Waals surface area contributed by atoms with Gasteiger partial charge in [0.25, 0.3) is 11.8 Å². The summed E-state index contributed by atoms with van der Waals surface area (Å²) in [5.41, 5.74) is 0.233. The van der Waals surface area contributed by atoms with Crippen LogP contribution in [0.3, 0.4) is 0 Å². The quantitative estimate of drug-likeness (QED) is 0.453. The Bertz CT molecular complexity index is 753. The second-order valence-corrected chi connectivity index (χ2v) is 4.78. The summed E-state index contributed by atoms with van der Waals surface area (Å²) in [7, 11) is 0. The third kappa shape index (κ3) is 3.86. The number of carboxylic acid groups (broad SMARTS) is 1. The van der Waals surface area contributed by atoms with E-state index in [1.807, 2.05) is 0 Å². The van der Waals surface area contributed by atoms with Gasteiger partial charge in [0.05, 0.1) is 0 Å². The lowest BCUT2D eigenvalue weighted by molar-refractivity contribution is -0.139. The van der Waals surface area contributed by atoms with Crippen molar-refractivity contribution in [3.8, 4) is 5.75 Å². The van der Waals surface area contributed by atoms with Gasteiger partial charge in [0.15, 0.2) is 6.61 Å². The van der Waals surface area contributed by atoms with Gasteiger partial charge in [0, 0.05) is 6.54 Å². The number of barbiturate groups is 1. The Morgan fingerprint density at radius 2 is 2.08 bits per heavy atom. The van der Waals surface area contributed by atoms with Crippen LogP contribution in [-0.4, -0.2) is 47.0 Å². The molecule has 0 radical (unpaired) electrons. The predicted molar refractivity (Wildman–Crippen MR) is 83.0 cm³/mol. The van der Waals surface area contributed by atoms with Gasteiger partial charge < -0.3 is 9.84 Å². The Morgan fingerprint density at radius 3 is 2.75 bits per heavy atom. The largest absolute Gasteiger partial charge is 0.482 e. The second kappa shape index (κ2) is 7.23. The maximum atomic E-state index is 12.3. The number of hydrogen-bond donors (Lipinski definition) is 2. The van der Waals surface area contributed by atoms with E-state index in [9.17, 15) is 19.2 Å². The Labute approximate surface area is 137 Å². The van der Waals surface area contributed by atoms with Gasteiger partial charge >= 0.3 is 12.0 Å². The normalized spacial score (nSPS) is 16.1. The molecule has 4 amide bonds. The van der Waals surface area contributed by atoms with Gasteiger partial charge in [-0.2, -0.15) is 0 Å². The monoisotopic (exact) mass is 330 g/mol. The molecule has 1 fully saturated rings. The second-order valence-electron chi connectivity index (χ2n) is 4.78. The van der Waals surface area contributed by atoms with Crippen molar-refractivity contribution in [2.24, 2.45) is 0 Å². The Balaban J connectivity index is 2.28. The summed E-state index contributed by atoms with van der Waals surface area (Å²) in [5.74, 6) is -2.39. The first-order valence-corrected chi connectivity index (χ1v) is 6.87. The third-order valence-corrected chi connectivity index (χ3v) is 3.03. The van der Waals surface area contributed by atoms with Crippen molar-refractivity contribution in [1.82, 2.24) is 10.2 Å². The number of carbonyl (C=O) groups excluding carboxylic acids is 3. The molecule has 0 atom stereocenters. The van der Waals surface area contributed by atoms with Crippen molar-refractivity contribution in [1.29, 1.82) is 0 Å². The number of carbonyl (C=O) groups is 4. The third-order valence-electron chi connectivity index (χ3n) is 3.03. The van der Waals surface area contributed by atoms with Crippen LogP contribution in [0.2, 0.25) is 0 Å². The van der Waals surface area contributed by atoms with Gasteiger partial charge in [0.2, 0.25) is 0 Å². The minimum atomic E-state index is -1.13. The molecule has 1 heterocycles. The first-order valence-electron chi connectivity index (χ1n) is 6.87. The molecule has 8 heteroatoms. The van der Waals surface area contributed by atoms with Crippen LogP contribution < -0.4 is 10.1 Å². The van der Waals surface area contributed by atoms with E-state index in [-0.39, 0.29) is 17.9 Å². The minimum absolute atomic E-state index is 0.0307. The molecule has 2 N–H and O–H groups in total. The number of hydrogen-bond acceptors (Lipinski definition) is 5. The average Bonchev–Trinajstić information content (AvgIpc) is 2.54. The molecule has 0 saturated carbocycles. The highest BCUT2D eigenvalue weighted by Gasteiger charge is 2.34. The fourth-order valence-corrected chi connectivity index (χ4v) is 1.99. The number of carboxylic acids is 1. The number of urea groups is 1. The number of benzene rings is 1. The van der Waals surface area contributed by atoms with E-state index in [2.05, 4.69) is 11.9 Å². The zero-order chi connectivity index (χ0) is 17.7. The summed E-state index contributed by atoms with van der Waals surface area (Å²) in [6.07, 6.45) is 2.67. The summed E-state index contributed by atoms with van der Waals surface area (Å²) in [6, 6.07) is 5.41. The van der Waals surface area contributed by atoms with Gasteiger partial charge in [0.1, 0.15) is 11.3 Å². The molecule has 0 aliphatic carbocycles. The van der Waals surface area contributed by atoms with Crippen LogP contribution in [0.4, 0.5) is 4.79 Å². The van der Waals surface area contributed by atoms with Crippen molar-refractivity contribution in [2.75, 3.05) is 13.2 Å². The summed E-state index contributed by atoms with van der Waals surface area (Å²) < 4.78 is 5.04. The molecule has 1 aromatic rings. The van der Waals surface area contributed by atoms with Crippen molar-refractivity contribution < 1.29 is 29.0 Å². The minimum Gasteiger partial charge on any atom is -0.482 e. The van der Waals surface area contributed by atoms with Crippen LogP contribution in [0.25, 0.3) is 6.08 Å². The van der Waals surface area contributed by atoms with Crippen LogP contribution in [0.1, 0.15) is 5.56 Å². The highest BCUT2D eigenvalue weighted by atomic mass is 16.5. The molecule has 124 valence electrons. The fourth-order valence-electron chi connectivity index (χ4n) is 1.99. The Morgan fingerprint density at radius 1 is 1.33 bits per heavy atom. The number of rotatable bonds is 6. The molecule has 2 rings (SSSR count). The number of aliphatic carboxylic acids is 1. The smallest absolute Gasteiger partial charge is 0.341 e. The first-order chi connectivity index (χ1) is 11.4. The van der Waals surface area contributed by atoms with E-state index in [0.29, 0.717) is 5.56 Å². The van der Waals surface area contributed by atoms with E-state index in [0.717, 1.165) is 4.90 Å². The lowest BCUT2D eigenvalue weighted by Gasteiger charge is -2.25. The van der Waals surface area contributed by atoms with Gasteiger partial charge in [-0.3, -0.25) is 19.8 Å². The van der Waals surface area contributed by atoms with Crippen molar-refractivity contribution in [3.63, 3.8) is 0 Å². The van der Waals surface area contributed by atoms with Gasteiger partial charge in [-0.25, -0.2) is 9.59 Å². The highest BCUT2D eigenvalue weighted by molar-refractivity contribution is 6.31. The summed E-state index contributed by atoms with van der Waals surface area (Å²) in [5, 5.41) is 10.7. The van der Waals surface area contributed by atoms with Crippen LogP contribution in [-0.2, 0) is 14.4 Å². The summed E-state index contributed by atoms with van der Waals surface area (Å²) in [4.78, 5) is 47.1. The summed E-state index contributed by atoms with van der Waals surface area (Å²) >= 11 is 0. The standard InChI is InChI=1S/C16H14N2O6/c1-2-6-18-15(22)12(14(21)17-16(18)23)8-10-4-3-5-11(7-10)24-9-13(19)20/h2-5,7-8H,1,6,9H2,(H,19,20)(H,17,21,23)/b12-8-. The average molecular weight is 330 g/mol. The Kier molecular flexibility index (Phi) is 5.10. The number of nitrogens with zero attached hydrogens (tertiary/aromatic N) is 1. The van der Waals surface area contributed by atoms with Crippen molar-refractivity contribution in [2.45, 2.75) is 0 Å². The number of ether oxygens (including phenoxy) is 1. The maximum Gasteiger partial charge on any atom is 0.341 e. The van der Waals surface area contributed by atoms with E-state index < -0.39 is 30.4 Å². The molecule has 8 nitrogen and oxygen atoms in total. The van der Waals surface area contributed by atoms with Crippen LogP contribution in [0.15, 0.2) is 42.5 Å². The summed E-state index contributed by atoms with van der Waals surface area (Å²) in [6.45, 7) is 2.91. The molecule has 1 aromatic carbocycles. The molecular weight excluding hydrogens is 316 g/mol. The molecule has 0 aromatic heterocycles. The Hall–Kier alpha value is -3.42. The van der Waals surface area contributed by atoms with Crippen LogP contribution in [0, 0.1) is 0 Å². The molecule has 24 heavy (non-hydrogen) atoms. The molecule has 1 aliphatic rings. The van der Waals surface area contributed by atoms with E-state index in [1.54, 1.807) is 18.2 Å². The fraction of sp³-hybridized carbons (Fsp3) is 0.125. The number of nitrogens with one attached hydrogen (secondary N) is 1. The van der Waals surface area contributed by atoms with Crippen LogP contribution >= 0.6 is 0 Å². The highest BCUT2D eigenvalue weighted by Crippen LogP contribution is 2.18. The van der Waals surface area contributed by atoms with Gasteiger partial charge in [-0.05, 0) is 23.8 Å².